The number of unbranched alkanes of at least 4 members (excludes halogenated alkanes) is 12. The summed E-state index contributed by atoms with van der Waals surface area (Å²) in [6, 6.07) is 0. The van der Waals surface area contributed by atoms with E-state index in [0.29, 0.717) is 18.1 Å². The molecule has 0 aromatic rings. The zero-order chi connectivity index (χ0) is 18.0. The van der Waals surface area contributed by atoms with E-state index in [2.05, 4.69) is 20.4 Å². The van der Waals surface area contributed by atoms with Gasteiger partial charge in [0, 0.05) is 5.57 Å². The lowest BCUT2D eigenvalue weighted by atomic mass is 10.0. The van der Waals surface area contributed by atoms with Crippen molar-refractivity contribution in [2.24, 2.45) is 5.92 Å². The van der Waals surface area contributed by atoms with Crippen molar-refractivity contribution in [3.63, 3.8) is 0 Å². The summed E-state index contributed by atoms with van der Waals surface area (Å²) < 4.78 is 5.19. The van der Waals surface area contributed by atoms with Gasteiger partial charge in [-0.1, -0.05) is 104 Å². The molecular formula is C22H42O2. The van der Waals surface area contributed by atoms with Crippen LogP contribution in [0.4, 0.5) is 0 Å². The molecule has 0 fully saturated rings. The molecule has 1 unspecified atom stereocenters. The molecule has 0 bridgehead atoms. The minimum absolute atomic E-state index is 0.257. The molecular weight excluding hydrogens is 296 g/mol. The summed E-state index contributed by atoms with van der Waals surface area (Å²) in [5, 5.41) is 0. The lowest BCUT2D eigenvalue weighted by Gasteiger charge is -2.11. The Morgan fingerprint density at radius 2 is 1.25 bits per heavy atom. The smallest absolute Gasteiger partial charge is 0.333 e. The van der Waals surface area contributed by atoms with Crippen molar-refractivity contribution in [3.05, 3.63) is 12.2 Å². The minimum Gasteiger partial charge on any atom is -0.462 e. The highest BCUT2D eigenvalue weighted by Gasteiger charge is 2.07. The van der Waals surface area contributed by atoms with Crippen LogP contribution in [-0.2, 0) is 9.53 Å². The van der Waals surface area contributed by atoms with Crippen molar-refractivity contribution in [1.29, 1.82) is 0 Å². The molecule has 0 aromatic carbocycles. The summed E-state index contributed by atoms with van der Waals surface area (Å²) in [6.45, 7) is 10.3. The average Bonchev–Trinajstić information content (AvgIpc) is 2.56. The van der Waals surface area contributed by atoms with Gasteiger partial charge in [-0.05, 0) is 19.3 Å². The average molecular weight is 339 g/mol. The molecule has 0 aliphatic rings. The van der Waals surface area contributed by atoms with Crippen molar-refractivity contribution in [2.75, 3.05) is 6.61 Å². The largest absolute Gasteiger partial charge is 0.462 e. The minimum atomic E-state index is -0.257. The molecule has 0 N–H and O–H groups in total. The van der Waals surface area contributed by atoms with Gasteiger partial charge in [-0.2, -0.15) is 0 Å². The first-order valence-electron chi connectivity index (χ1n) is 10.4. The fourth-order valence-electron chi connectivity index (χ4n) is 2.94. The van der Waals surface area contributed by atoms with E-state index in [4.69, 9.17) is 4.74 Å². The van der Waals surface area contributed by atoms with Gasteiger partial charge in [-0.15, -0.1) is 0 Å². The molecule has 2 nitrogen and oxygen atoms in total. The Hall–Kier alpha value is -0.790. The summed E-state index contributed by atoms with van der Waals surface area (Å²) in [6.07, 6.45) is 19.2. The van der Waals surface area contributed by atoms with Gasteiger partial charge in [-0.3, -0.25) is 0 Å². The normalized spacial score (nSPS) is 12.1. The molecule has 0 amide bonds. The van der Waals surface area contributed by atoms with Crippen molar-refractivity contribution < 1.29 is 9.53 Å². The maximum Gasteiger partial charge on any atom is 0.333 e. The SMILES string of the molecule is C=C(C)C(=O)OCC(C)CCCCCCCCCCCCCCC. The maximum atomic E-state index is 11.3. The molecule has 0 saturated carbocycles. The molecule has 142 valence electrons. The van der Waals surface area contributed by atoms with Crippen LogP contribution in [0.25, 0.3) is 0 Å². The van der Waals surface area contributed by atoms with Crippen LogP contribution in [0.3, 0.4) is 0 Å². The van der Waals surface area contributed by atoms with Crippen LogP contribution in [0, 0.1) is 5.92 Å². The molecule has 2 heteroatoms. The first-order valence-corrected chi connectivity index (χ1v) is 10.4. The Morgan fingerprint density at radius 1 is 0.833 bits per heavy atom. The first-order chi connectivity index (χ1) is 11.6. The van der Waals surface area contributed by atoms with Gasteiger partial charge in [0.2, 0.25) is 0 Å². The first kappa shape index (κ1) is 23.2. The second kappa shape index (κ2) is 17.0. The molecule has 0 rings (SSSR count). The predicted octanol–water partition coefficient (Wildman–Crippen LogP) is 7.22. The molecule has 0 aliphatic carbocycles. The quantitative estimate of drug-likeness (QED) is 0.159. The second-order valence-corrected chi connectivity index (χ2v) is 7.52. The summed E-state index contributed by atoms with van der Waals surface area (Å²) in [5.74, 6) is 0.202. The van der Waals surface area contributed by atoms with Crippen LogP contribution in [0.2, 0.25) is 0 Å². The fraction of sp³-hybridized carbons (Fsp3) is 0.864. The van der Waals surface area contributed by atoms with E-state index in [0.717, 1.165) is 6.42 Å². The third kappa shape index (κ3) is 16.1. The maximum absolute atomic E-state index is 11.3. The standard InChI is InChI=1S/C22H42O2/c1-5-6-7-8-9-10-11-12-13-14-15-16-17-18-21(4)19-24-22(23)20(2)3/h21H,2,5-19H2,1,3-4H3. The number of rotatable bonds is 17. The van der Waals surface area contributed by atoms with E-state index in [1.807, 2.05) is 0 Å². The van der Waals surface area contributed by atoms with E-state index in [9.17, 15) is 4.79 Å². The van der Waals surface area contributed by atoms with E-state index in [1.54, 1.807) is 6.92 Å². The highest BCUT2D eigenvalue weighted by Crippen LogP contribution is 2.15. The molecule has 0 radical (unpaired) electrons. The topological polar surface area (TPSA) is 26.3 Å². The van der Waals surface area contributed by atoms with Gasteiger partial charge in [0.15, 0.2) is 0 Å². The number of carbonyl (C=O) groups is 1. The highest BCUT2D eigenvalue weighted by molar-refractivity contribution is 5.86. The van der Waals surface area contributed by atoms with E-state index >= 15 is 0 Å². The Balaban J connectivity index is 3.22. The summed E-state index contributed by atoms with van der Waals surface area (Å²) in [7, 11) is 0. The van der Waals surface area contributed by atoms with Crippen molar-refractivity contribution in [2.45, 2.75) is 111 Å². The van der Waals surface area contributed by atoms with E-state index < -0.39 is 0 Å². The third-order valence-corrected chi connectivity index (χ3v) is 4.65. The molecule has 24 heavy (non-hydrogen) atoms. The van der Waals surface area contributed by atoms with Crippen LogP contribution >= 0.6 is 0 Å². The van der Waals surface area contributed by atoms with Gasteiger partial charge >= 0.3 is 5.97 Å². The van der Waals surface area contributed by atoms with E-state index in [-0.39, 0.29) is 5.97 Å². The monoisotopic (exact) mass is 338 g/mol. The number of hydrogen-bond donors (Lipinski definition) is 0. The molecule has 1 atom stereocenters. The highest BCUT2D eigenvalue weighted by atomic mass is 16.5. The van der Waals surface area contributed by atoms with Gasteiger partial charge in [0.1, 0.15) is 0 Å². The summed E-state index contributed by atoms with van der Waals surface area (Å²) in [5.41, 5.74) is 0.489. The van der Waals surface area contributed by atoms with Crippen molar-refractivity contribution >= 4 is 5.97 Å². The molecule has 0 spiro atoms. The van der Waals surface area contributed by atoms with Gasteiger partial charge < -0.3 is 4.74 Å². The Morgan fingerprint density at radius 3 is 1.67 bits per heavy atom. The third-order valence-electron chi connectivity index (χ3n) is 4.65. The lowest BCUT2D eigenvalue weighted by molar-refractivity contribution is -0.140. The number of ether oxygens (including phenoxy) is 1. The van der Waals surface area contributed by atoms with Crippen LogP contribution < -0.4 is 0 Å². The fourth-order valence-corrected chi connectivity index (χ4v) is 2.94. The van der Waals surface area contributed by atoms with Gasteiger partial charge in [0.25, 0.3) is 0 Å². The predicted molar refractivity (Wildman–Crippen MR) is 105 cm³/mol. The second-order valence-electron chi connectivity index (χ2n) is 7.52. The van der Waals surface area contributed by atoms with Crippen LogP contribution in [-0.4, -0.2) is 12.6 Å². The lowest BCUT2D eigenvalue weighted by Crippen LogP contribution is -2.12. The van der Waals surface area contributed by atoms with Gasteiger partial charge in [-0.25, -0.2) is 4.79 Å². The van der Waals surface area contributed by atoms with E-state index in [1.165, 1.54) is 83.5 Å². The van der Waals surface area contributed by atoms with Crippen LogP contribution in [0.5, 0.6) is 0 Å². The molecule has 0 aromatic heterocycles. The van der Waals surface area contributed by atoms with Gasteiger partial charge in [0.05, 0.1) is 6.61 Å². The zero-order valence-electron chi connectivity index (χ0n) is 16.7. The molecule has 0 heterocycles. The summed E-state index contributed by atoms with van der Waals surface area (Å²) in [4.78, 5) is 11.3. The Kier molecular flexibility index (Phi) is 16.5. The number of esters is 1. The Labute approximate surface area is 151 Å². The van der Waals surface area contributed by atoms with Crippen LogP contribution in [0.15, 0.2) is 12.2 Å². The number of carbonyl (C=O) groups excluding carboxylic acids is 1. The molecule has 0 saturated heterocycles. The van der Waals surface area contributed by atoms with Crippen molar-refractivity contribution in [1.82, 2.24) is 0 Å². The zero-order valence-corrected chi connectivity index (χ0v) is 16.7. The summed E-state index contributed by atoms with van der Waals surface area (Å²) >= 11 is 0. The number of hydrogen-bond acceptors (Lipinski definition) is 2. The van der Waals surface area contributed by atoms with Crippen molar-refractivity contribution in [3.8, 4) is 0 Å². The molecule has 0 aliphatic heterocycles. The Bertz CT molecular complexity index is 309. The van der Waals surface area contributed by atoms with Crippen LogP contribution in [0.1, 0.15) is 111 Å².